The van der Waals surface area contributed by atoms with Gasteiger partial charge in [-0.15, -0.1) is 10.1 Å². The minimum absolute atomic E-state index is 0.0524. The predicted molar refractivity (Wildman–Crippen MR) is 199 cm³/mol. The summed E-state index contributed by atoms with van der Waals surface area (Å²) < 4.78 is 30.6. The summed E-state index contributed by atoms with van der Waals surface area (Å²) >= 11 is 0. The minimum atomic E-state index is -1.31. The third kappa shape index (κ3) is 18.4. The number of nitrogens with zero attached hydrogens (tertiary/aromatic N) is 1. The largest absolute Gasteiger partial charge is 0.466 e. The van der Waals surface area contributed by atoms with Crippen LogP contribution in [-0.4, -0.2) is 104 Å². The highest BCUT2D eigenvalue weighted by molar-refractivity contribution is 5.88. The summed E-state index contributed by atoms with van der Waals surface area (Å²) in [5, 5.41) is 29.6. The smallest absolute Gasteiger partial charge is 0.344 e. The zero-order chi connectivity index (χ0) is 42.1. The molecule has 0 aromatic heterocycles. The number of benzene rings is 2. The molecular formula is C39H53NO17. The van der Waals surface area contributed by atoms with Crippen LogP contribution in [0.2, 0.25) is 0 Å². The molecule has 18 heteroatoms. The van der Waals surface area contributed by atoms with Crippen LogP contribution >= 0.6 is 0 Å². The van der Waals surface area contributed by atoms with Crippen molar-refractivity contribution in [3.8, 4) is 5.75 Å². The average molecular weight is 808 g/mol. The Morgan fingerprint density at radius 1 is 0.667 bits per heavy atom. The van der Waals surface area contributed by atoms with Crippen LogP contribution in [0, 0.1) is 15.5 Å². The van der Waals surface area contributed by atoms with Crippen LogP contribution in [0.1, 0.15) is 96.0 Å². The average Bonchev–Trinajstić information content (AvgIpc) is 3.20. The van der Waals surface area contributed by atoms with Gasteiger partial charge in [0.25, 0.3) is 5.09 Å². The molecule has 0 spiro atoms. The molecule has 18 nitrogen and oxygen atoms in total. The fourth-order valence-corrected chi connectivity index (χ4v) is 5.12. The van der Waals surface area contributed by atoms with E-state index in [9.17, 15) is 49.1 Å². The number of unbranched alkanes of at least 4 members (excludes halogenated alkanes) is 5. The highest BCUT2D eigenvalue weighted by Gasteiger charge is 2.37. The minimum Gasteiger partial charge on any atom is -0.466 e. The van der Waals surface area contributed by atoms with E-state index < -0.39 is 78.7 Å². The molecule has 0 radical (unpaired) electrons. The van der Waals surface area contributed by atoms with E-state index >= 15 is 0 Å². The van der Waals surface area contributed by atoms with Crippen molar-refractivity contribution in [2.45, 2.75) is 90.4 Å². The molecule has 0 heterocycles. The first-order valence-corrected chi connectivity index (χ1v) is 18.9. The Hall–Kier alpha value is -5.36. The SMILES string of the molecule is CCC(CO)(CO)C(=O)OCCCCCC(=O)Oc1ccc2cc(C(C)C(=O)OCC(=O)OCC(=O)OCCCCCC(=O)OCCCCO[N+](=O)[O-])ccc2c1. The molecule has 0 saturated carbocycles. The fraction of sp³-hybridized carbons (Fsp3) is 0.590. The third-order valence-electron chi connectivity index (χ3n) is 8.86. The molecule has 2 N–H and O–H groups in total. The van der Waals surface area contributed by atoms with Gasteiger partial charge in [0.05, 0.1) is 45.6 Å². The second kappa shape index (κ2) is 26.5. The summed E-state index contributed by atoms with van der Waals surface area (Å²) in [6.45, 7) is 1.15. The van der Waals surface area contributed by atoms with E-state index in [4.69, 9.17) is 28.4 Å². The summed E-state index contributed by atoms with van der Waals surface area (Å²) in [7, 11) is 0. The Morgan fingerprint density at radius 3 is 1.86 bits per heavy atom. The van der Waals surface area contributed by atoms with Gasteiger partial charge in [0, 0.05) is 12.8 Å². The maximum Gasteiger partial charge on any atom is 0.344 e. The van der Waals surface area contributed by atoms with Crippen LogP contribution in [0.25, 0.3) is 10.8 Å². The standard InChI is InChI=1S/C39H53NO17/c1-3-39(26-41,27-42)38(48)53-20-9-5-7-13-34(44)57-32-17-16-30-22-29(14-15-31(30)23-32)28(2)37(47)55-25-36(46)54-24-35(45)52-18-8-4-6-12-33(43)51-19-10-11-21-56-40(49)50/h14-17,22-23,28,41-42H,3-13,18-21,24-27H2,1-2H3. The van der Waals surface area contributed by atoms with Gasteiger partial charge in [0.1, 0.15) is 11.2 Å². The van der Waals surface area contributed by atoms with Gasteiger partial charge in [-0.3, -0.25) is 19.2 Å². The first kappa shape index (κ1) is 47.8. The lowest BCUT2D eigenvalue weighted by molar-refractivity contribution is -0.757. The second-order valence-electron chi connectivity index (χ2n) is 13.1. The number of hydrogen-bond donors (Lipinski definition) is 2. The molecule has 57 heavy (non-hydrogen) atoms. The van der Waals surface area contributed by atoms with Crippen LogP contribution in [0.4, 0.5) is 0 Å². The summed E-state index contributed by atoms with van der Waals surface area (Å²) in [5.41, 5.74) is -0.696. The number of carbonyl (C=O) groups excluding carboxylic acids is 6. The lowest BCUT2D eigenvalue weighted by Crippen LogP contribution is -2.39. The molecule has 316 valence electrons. The fourth-order valence-electron chi connectivity index (χ4n) is 5.12. The van der Waals surface area contributed by atoms with Crippen molar-refractivity contribution in [3.63, 3.8) is 0 Å². The highest BCUT2D eigenvalue weighted by Crippen LogP contribution is 2.27. The topological polar surface area (TPSA) is 251 Å². The maximum absolute atomic E-state index is 12.7. The molecule has 0 fully saturated rings. The zero-order valence-corrected chi connectivity index (χ0v) is 32.4. The van der Waals surface area contributed by atoms with Crippen LogP contribution < -0.4 is 4.74 Å². The van der Waals surface area contributed by atoms with Crippen molar-refractivity contribution in [2.75, 3.05) is 52.9 Å². The third-order valence-corrected chi connectivity index (χ3v) is 8.86. The van der Waals surface area contributed by atoms with Gasteiger partial charge in [0.2, 0.25) is 0 Å². The van der Waals surface area contributed by atoms with Crippen LogP contribution in [0.3, 0.4) is 0 Å². The quantitative estimate of drug-likeness (QED) is 0.0294. The molecule has 0 aliphatic carbocycles. The molecule has 0 bridgehead atoms. The summed E-state index contributed by atoms with van der Waals surface area (Å²) in [4.78, 5) is 87.1. The van der Waals surface area contributed by atoms with E-state index in [2.05, 4.69) is 4.84 Å². The predicted octanol–water partition coefficient (Wildman–Crippen LogP) is 4.06. The normalized spacial score (nSPS) is 11.6. The number of esters is 6. The number of carbonyl (C=O) groups is 6. The highest BCUT2D eigenvalue weighted by atomic mass is 16.9. The molecule has 0 saturated heterocycles. The number of hydrogen-bond acceptors (Lipinski definition) is 17. The molecule has 0 aliphatic rings. The zero-order valence-electron chi connectivity index (χ0n) is 32.4. The Bertz CT molecular complexity index is 1610. The van der Waals surface area contributed by atoms with E-state index in [1.807, 2.05) is 0 Å². The van der Waals surface area contributed by atoms with Gasteiger partial charge in [0.15, 0.2) is 13.2 Å². The van der Waals surface area contributed by atoms with Crippen molar-refractivity contribution in [1.82, 2.24) is 0 Å². The number of ether oxygens (including phenoxy) is 6. The molecule has 2 aromatic rings. The lowest BCUT2D eigenvalue weighted by atomic mass is 9.87. The summed E-state index contributed by atoms with van der Waals surface area (Å²) in [6, 6.07) is 10.3. The van der Waals surface area contributed by atoms with Gasteiger partial charge in [-0.1, -0.05) is 31.2 Å². The van der Waals surface area contributed by atoms with Crippen LogP contribution in [0.15, 0.2) is 36.4 Å². The van der Waals surface area contributed by atoms with Gasteiger partial charge in [-0.2, -0.15) is 0 Å². The van der Waals surface area contributed by atoms with Crippen molar-refractivity contribution in [3.05, 3.63) is 52.1 Å². The summed E-state index contributed by atoms with van der Waals surface area (Å²) in [6.07, 6.45) is 4.56. The van der Waals surface area contributed by atoms with E-state index in [0.29, 0.717) is 62.7 Å². The van der Waals surface area contributed by atoms with Gasteiger partial charge < -0.3 is 43.5 Å². The number of rotatable bonds is 29. The van der Waals surface area contributed by atoms with Crippen molar-refractivity contribution in [2.24, 2.45) is 5.41 Å². The van der Waals surface area contributed by atoms with E-state index in [1.165, 1.54) is 0 Å². The van der Waals surface area contributed by atoms with Crippen molar-refractivity contribution in [1.29, 1.82) is 0 Å². The molecule has 1 unspecified atom stereocenters. The molecule has 2 aromatic carbocycles. The monoisotopic (exact) mass is 807 g/mol. The van der Waals surface area contributed by atoms with E-state index in [1.54, 1.807) is 50.2 Å². The Labute approximate surface area is 330 Å². The van der Waals surface area contributed by atoms with Gasteiger partial charge in [-0.25, -0.2) is 9.59 Å². The van der Waals surface area contributed by atoms with Crippen LogP contribution in [-0.2, 0) is 57.3 Å². The number of fused-ring (bicyclic) bond motifs is 1. The second-order valence-corrected chi connectivity index (χ2v) is 13.1. The van der Waals surface area contributed by atoms with E-state index in [-0.39, 0.29) is 45.7 Å². The molecular weight excluding hydrogens is 754 g/mol. The van der Waals surface area contributed by atoms with Crippen LogP contribution in [0.5, 0.6) is 5.75 Å². The van der Waals surface area contributed by atoms with Crippen molar-refractivity contribution < 1.29 is 77.3 Å². The lowest BCUT2D eigenvalue weighted by Gasteiger charge is -2.25. The molecule has 0 amide bonds. The number of aliphatic hydroxyl groups is 2. The molecule has 0 aliphatic heterocycles. The Kier molecular flexibility index (Phi) is 22.2. The first-order chi connectivity index (χ1) is 27.3. The number of aliphatic hydroxyl groups excluding tert-OH is 2. The maximum atomic E-state index is 12.7. The molecule has 2 rings (SSSR count). The first-order valence-electron chi connectivity index (χ1n) is 18.9. The van der Waals surface area contributed by atoms with E-state index in [0.717, 1.165) is 10.8 Å². The van der Waals surface area contributed by atoms with Crippen molar-refractivity contribution >= 4 is 46.6 Å². The Balaban J connectivity index is 1.61. The summed E-state index contributed by atoms with van der Waals surface area (Å²) in [5.74, 6) is -4.28. The Morgan fingerprint density at radius 2 is 1.21 bits per heavy atom. The van der Waals surface area contributed by atoms with Gasteiger partial charge >= 0.3 is 35.8 Å². The van der Waals surface area contributed by atoms with Gasteiger partial charge in [-0.05, 0) is 93.2 Å². The molecule has 1 atom stereocenters.